The fourth-order valence-electron chi connectivity index (χ4n) is 2.87. The number of methoxy groups -OCH3 is 1. The standard InChI is InChI=1S/C16H9F3N8O2S/c1-29-10(28)6-8-11-12(26-14(23-22-11)21-13(25-26)16(17,18)19)27(24-8)15-20-7-4-2-3-5-9(7)30-15/h2-5H,6H2,1H3. The zero-order valence-electron chi connectivity index (χ0n) is 15.0. The van der Waals surface area contributed by atoms with E-state index in [-0.39, 0.29) is 29.1 Å². The first-order valence-electron chi connectivity index (χ1n) is 8.36. The van der Waals surface area contributed by atoms with E-state index in [1.807, 2.05) is 18.2 Å². The van der Waals surface area contributed by atoms with Gasteiger partial charge in [0.1, 0.15) is 5.69 Å². The van der Waals surface area contributed by atoms with Gasteiger partial charge in [0.2, 0.25) is 5.13 Å². The van der Waals surface area contributed by atoms with Gasteiger partial charge in [-0.1, -0.05) is 23.5 Å². The number of esters is 1. The Morgan fingerprint density at radius 3 is 2.70 bits per heavy atom. The molecular weight excluding hydrogens is 425 g/mol. The van der Waals surface area contributed by atoms with Gasteiger partial charge in [-0.15, -0.1) is 15.3 Å². The lowest BCUT2D eigenvalue weighted by Crippen LogP contribution is -2.08. The molecule has 10 nitrogen and oxygen atoms in total. The van der Waals surface area contributed by atoms with Crippen LogP contribution < -0.4 is 0 Å². The third kappa shape index (κ3) is 2.83. The third-order valence-electron chi connectivity index (χ3n) is 4.19. The van der Waals surface area contributed by atoms with Crippen LogP contribution in [0.15, 0.2) is 24.3 Å². The number of carbonyl (C=O) groups excluding carboxylic acids is 1. The zero-order valence-corrected chi connectivity index (χ0v) is 15.8. The lowest BCUT2D eigenvalue weighted by molar-refractivity contribution is -0.144. The number of thiazole rings is 1. The molecule has 0 bridgehead atoms. The first kappa shape index (κ1) is 18.4. The molecule has 0 spiro atoms. The minimum Gasteiger partial charge on any atom is -0.469 e. The number of benzene rings is 1. The van der Waals surface area contributed by atoms with E-state index in [9.17, 15) is 18.0 Å². The van der Waals surface area contributed by atoms with E-state index in [0.29, 0.717) is 10.6 Å². The summed E-state index contributed by atoms with van der Waals surface area (Å²) in [6.07, 6.45) is -5.03. The molecule has 4 aromatic heterocycles. The number of halogens is 3. The second kappa shape index (κ2) is 6.41. The van der Waals surface area contributed by atoms with Gasteiger partial charge >= 0.3 is 12.1 Å². The Kier molecular flexibility index (Phi) is 3.92. The summed E-state index contributed by atoms with van der Waals surface area (Å²) >= 11 is 1.27. The number of fused-ring (bicyclic) bond motifs is 4. The van der Waals surface area contributed by atoms with Crippen molar-refractivity contribution in [2.75, 3.05) is 7.11 Å². The average Bonchev–Trinajstić information content (AvgIpc) is 3.41. The Hall–Kier alpha value is -3.68. The van der Waals surface area contributed by atoms with Gasteiger partial charge in [-0.3, -0.25) is 4.79 Å². The molecule has 0 amide bonds. The molecule has 0 aliphatic rings. The molecule has 4 heterocycles. The minimum atomic E-state index is -4.77. The summed E-state index contributed by atoms with van der Waals surface area (Å²) in [5.74, 6) is -2.32. The van der Waals surface area contributed by atoms with Crippen molar-refractivity contribution in [2.24, 2.45) is 0 Å². The number of hydrogen-bond donors (Lipinski definition) is 0. The fourth-order valence-corrected chi connectivity index (χ4v) is 3.79. The number of para-hydroxylation sites is 1. The number of rotatable bonds is 3. The van der Waals surface area contributed by atoms with Gasteiger partial charge in [0.15, 0.2) is 11.2 Å². The number of nitrogens with zero attached hydrogens (tertiary/aromatic N) is 8. The molecular formula is C16H9F3N8O2S. The Balaban J connectivity index is 1.82. The van der Waals surface area contributed by atoms with Crippen LogP contribution >= 0.6 is 11.3 Å². The monoisotopic (exact) mass is 434 g/mol. The maximum absolute atomic E-state index is 13.1. The van der Waals surface area contributed by atoms with Crippen LogP contribution in [-0.4, -0.2) is 52.6 Å². The topological polar surface area (TPSA) is 113 Å². The van der Waals surface area contributed by atoms with Gasteiger partial charge < -0.3 is 4.74 Å². The van der Waals surface area contributed by atoms with Gasteiger partial charge in [0.25, 0.3) is 11.6 Å². The van der Waals surface area contributed by atoms with Crippen molar-refractivity contribution in [3.05, 3.63) is 35.8 Å². The molecule has 0 radical (unpaired) electrons. The normalized spacial score (nSPS) is 12.3. The Morgan fingerprint density at radius 1 is 1.17 bits per heavy atom. The van der Waals surface area contributed by atoms with Gasteiger partial charge in [-0.2, -0.15) is 32.5 Å². The number of alkyl halides is 3. The molecule has 1 aromatic carbocycles. The van der Waals surface area contributed by atoms with Crippen molar-refractivity contribution in [3.63, 3.8) is 0 Å². The van der Waals surface area contributed by atoms with Crippen LogP contribution in [0.5, 0.6) is 0 Å². The zero-order chi connectivity index (χ0) is 21.0. The molecule has 0 saturated carbocycles. The van der Waals surface area contributed by atoms with E-state index in [1.54, 1.807) is 6.07 Å². The summed E-state index contributed by atoms with van der Waals surface area (Å²) in [6, 6.07) is 7.30. The van der Waals surface area contributed by atoms with Crippen LogP contribution in [0.2, 0.25) is 0 Å². The summed E-state index contributed by atoms with van der Waals surface area (Å²) in [5, 5.41) is 15.9. The predicted molar refractivity (Wildman–Crippen MR) is 97.1 cm³/mol. The molecule has 5 aromatic rings. The van der Waals surface area contributed by atoms with Crippen LogP contribution in [0, 0.1) is 0 Å². The van der Waals surface area contributed by atoms with Crippen molar-refractivity contribution in [2.45, 2.75) is 12.6 Å². The molecule has 30 heavy (non-hydrogen) atoms. The predicted octanol–water partition coefficient (Wildman–Crippen LogP) is 2.20. The maximum Gasteiger partial charge on any atom is 0.453 e. The lowest BCUT2D eigenvalue weighted by Gasteiger charge is -1.99. The summed E-state index contributed by atoms with van der Waals surface area (Å²) in [7, 11) is 1.21. The highest BCUT2D eigenvalue weighted by Gasteiger charge is 2.37. The Labute approximate surface area is 167 Å². The smallest absolute Gasteiger partial charge is 0.453 e. The van der Waals surface area contributed by atoms with E-state index in [1.165, 1.54) is 23.1 Å². The highest BCUT2D eigenvalue weighted by molar-refractivity contribution is 7.20. The first-order valence-corrected chi connectivity index (χ1v) is 9.18. The highest BCUT2D eigenvalue weighted by atomic mass is 32.1. The van der Waals surface area contributed by atoms with E-state index in [2.05, 4.69) is 35.1 Å². The molecule has 0 aliphatic carbocycles. The van der Waals surface area contributed by atoms with Crippen LogP contribution in [0.4, 0.5) is 13.2 Å². The quantitative estimate of drug-likeness (QED) is 0.397. The van der Waals surface area contributed by atoms with Crippen molar-refractivity contribution in [1.29, 1.82) is 0 Å². The van der Waals surface area contributed by atoms with Crippen molar-refractivity contribution in [1.82, 2.24) is 39.6 Å². The number of aromatic nitrogens is 8. The van der Waals surface area contributed by atoms with E-state index < -0.39 is 18.0 Å². The van der Waals surface area contributed by atoms with Gasteiger partial charge in [0.05, 0.1) is 23.7 Å². The van der Waals surface area contributed by atoms with Crippen molar-refractivity contribution >= 4 is 44.5 Å². The molecule has 0 unspecified atom stereocenters. The largest absolute Gasteiger partial charge is 0.469 e. The van der Waals surface area contributed by atoms with E-state index >= 15 is 0 Å². The lowest BCUT2D eigenvalue weighted by atomic mass is 10.3. The molecule has 0 aliphatic heterocycles. The molecule has 0 atom stereocenters. The fraction of sp³-hybridized carbons (Fsp3) is 0.188. The van der Waals surface area contributed by atoms with Crippen molar-refractivity contribution in [3.8, 4) is 5.13 Å². The molecule has 0 saturated heterocycles. The molecule has 5 rings (SSSR count). The average molecular weight is 434 g/mol. The van der Waals surface area contributed by atoms with E-state index in [0.717, 1.165) is 9.22 Å². The van der Waals surface area contributed by atoms with Gasteiger partial charge in [-0.05, 0) is 12.1 Å². The number of carbonyl (C=O) groups is 1. The Morgan fingerprint density at radius 2 is 1.97 bits per heavy atom. The number of hydrogen-bond acceptors (Lipinski definition) is 9. The summed E-state index contributed by atoms with van der Waals surface area (Å²) in [5.41, 5.74) is 0.991. The minimum absolute atomic E-state index is 0.0564. The summed E-state index contributed by atoms with van der Waals surface area (Å²) in [4.78, 5) is 19.7. The van der Waals surface area contributed by atoms with Crippen LogP contribution in [0.3, 0.4) is 0 Å². The Bertz CT molecular complexity index is 1400. The van der Waals surface area contributed by atoms with E-state index in [4.69, 9.17) is 0 Å². The first-order chi connectivity index (χ1) is 14.3. The molecule has 152 valence electrons. The highest BCUT2D eigenvalue weighted by Crippen LogP contribution is 2.30. The summed E-state index contributed by atoms with van der Waals surface area (Å²) < 4.78 is 47.1. The molecule has 14 heteroatoms. The van der Waals surface area contributed by atoms with Crippen LogP contribution in [-0.2, 0) is 22.1 Å². The van der Waals surface area contributed by atoms with Gasteiger partial charge in [-0.25, -0.2) is 4.98 Å². The van der Waals surface area contributed by atoms with Crippen LogP contribution in [0.1, 0.15) is 11.5 Å². The second-order valence-electron chi connectivity index (χ2n) is 6.09. The van der Waals surface area contributed by atoms with Crippen LogP contribution in [0.25, 0.3) is 32.3 Å². The molecule has 0 N–H and O–H groups in total. The van der Waals surface area contributed by atoms with Crippen molar-refractivity contribution < 1.29 is 22.7 Å². The third-order valence-corrected chi connectivity index (χ3v) is 5.21. The SMILES string of the molecule is COC(=O)Cc1nn(-c2nc3ccccc3s2)c2c1nnc1nc(C(F)(F)F)nn12. The second-order valence-corrected chi connectivity index (χ2v) is 7.10. The number of ether oxygens (including phenoxy) is 1. The summed E-state index contributed by atoms with van der Waals surface area (Å²) in [6.45, 7) is 0. The molecule has 0 fully saturated rings. The van der Waals surface area contributed by atoms with Gasteiger partial charge in [0, 0.05) is 0 Å². The maximum atomic E-state index is 13.1.